The van der Waals surface area contributed by atoms with Crippen LogP contribution in [0.25, 0.3) is 0 Å². The third kappa shape index (κ3) is 2.17. The van der Waals surface area contributed by atoms with E-state index in [1.165, 1.54) is 0 Å². The average molecular weight is 197 g/mol. The zero-order valence-corrected chi connectivity index (χ0v) is 7.49. The van der Waals surface area contributed by atoms with Crippen LogP contribution in [0, 0.1) is 0 Å². The van der Waals surface area contributed by atoms with Gasteiger partial charge in [0.05, 0.1) is 0 Å². The summed E-state index contributed by atoms with van der Waals surface area (Å²) >= 11 is 0. The molecule has 0 bridgehead atoms. The number of Topliss-reactive ketones (excluding diaryl/α,β-unsaturated/α-hetero) is 1. The zero-order valence-electron chi connectivity index (χ0n) is 5.92. The second-order valence-electron chi connectivity index (χ2n) is 2.68. The third-order valence-corrected chi connectivity index (χ3v) is 3.66. The second kappa shape index (κ2) is 3.11. The Hall–Kier alpha value is -0.0900. The van der Waals surface area contributed by atoms with Crippen LogP contribution < -0.4 is 0 Å². The maximum absolute atomic E-state index is 11.0. The highest BCUT2D eigenvalue weighted by Crippen LogP contribution is 2.22. The molecule has 0 amide bonds. The Labute approximate surface area is 70.2 Å². The van der Waals surface area contributed by atoms with E-state index < -0.39 is 14.3 Å². The van der Waals surface area contributed by atoms with Crippen LogP contribution in [0.15, 0.2) is 0 Å². The Morgan fingerprint density at radius 1 is 1.36 bits per heavy atom. The lowest BCUT2D eigenvalue weighted by atomic mass is 9.99. The van der Waals surface area contributed by atoms with Gasteiger partial charge in [0, 0.05) is 17.1 Å². The SMILES string of the molecule is O=C1CCCCC1S(=O)(=O)Cl. The summed E-state index contributed by atoms with van der Waals surface area (Å²) in [6, 6.07) is 0. The topological polar surface area (TPSA) is 51.2 Å². The molecule has 1 unspecified atom stereocenters. The summed E-state index contributed by atoms with van der Waals surface area (Å²) in [6.45, 7) is 0. The molecule has 0 heterocycles. The molecule has 1 atom stereocenters. The predicted octanol–water partition coefficient (Wildman–Crippen LogP) is 1.07. The van der Waals surface area contributed by atoms with E-state index >= 15 is 0 Å². The lowest BCUT2D eigenvalue weighted by Crippen LogP contribution is -2.29. The van der Waals surface area contributed by atoms with Gasteiger partial charge >= 0.3 is 0 Å². The van der Waals surface area contributed by atoms with Gasteiger partial charge in [0.15, 0.2) is 5.78 Å². The standard InChI is InChI=1S/C6H9ClO3S/c7-11(9,10)6-4-2-1-3-5(6)8/h6H,1-4H2. The molecule has 3 nitrogen and oxygen atoms in total. The highest BCUT2D eigenvalue weighted by molar-refractivity contribution is 8.14. The van der Waals surface area contributed by atoms with Crippen LogP contribution in [-0.4, -0.2) is 19.5 Å². The highest BCUT2D eigenvalue weighted by atomic mass is 35.7. The Kier molecular flexibility index (Phi) is 2.54. The minimum Gasteiger partial charge on any atom is -0.298 e. The summed E-state index contributed by atoms with van der Waals surface area (Å²) in [4.78, 5) is 11.0. The molecular weight excluding hydrogens is 188 g/mol. The minimum absolute atomic E-state index is 0.230. The van der Waals surface area contributed by atoms with Gasteiger partial charge in [-0.2, -0.15) is 0 Å². The lowest BCUT2D eigenvalue weighted by Gasteiger charge is -2.16. The van der Waals surface area contributed by atoms with E-state index in [1.807, 2.05) is 0 Å². The van der Waals surface area contributed by atoms with Crippen molar-refractivity contribution < 1.29 is 13.2 Å². The number of carbonyl (C=O) groups is 1. The first kappa shape index (κ1) is 9.00. The molecule has 5 heteroatoms. The molecule has 1 rings (SSSR count). The number of hydrogen-bond acceptors (Lipinski definition) is 3. The van der Waals surface area contributed by atoms with E-state index in [-0.39, 0.29) is 5.78 Å². The van der Waals surface area contributed by atoms with Crippen molar-refractivity contribution in [1.29, 1.82) is 0 Å². The van der Waals surface area contributed by atoms with Gasteiger partial charge in [-0.1, -0.05) is 6.42 Å². The van der Waals surface area contributed by atoms with Crippen LogP contribution in [0.5, 0.6) is 0 Å². The Morgan fingerprint density at radius 2 is 2.00 bits per heavy atom. The largest absolute Gasteiger partial charge is 0.298 e. The molecular formula is C6H9ClO3S. The molecule has 11 heavy (non-hydrogen) atoms. The van der Waals surface area contributed by atoms with Crippen LogP contribution in [0.2, 0.25) is 0 Å². The molecule has 0 saturated heterocycles. The molecule has 0 aromatic carbocycles. The first-order valence-electron chi connectivity index (χ1n) is 3.48. The van der Waals surface area contributed by atoms with Crippen molar-refractivity contribution in [3.8, 4) is 0 Å². The van der Waals surface area contributed by atoms with Crippen molar-refractivity contribution in [3.63, 3.8) is 0 Å². The Bertz CT molecular complexity index is 257. The number of hydrogen-bond donors (Lipinski definition) is 0. The summed E-state index contributed by atoms with van der Waals surface area (Å²) in [5.41, 5.74) is 0. The van der Waals surface area contributed by atoms with Crippen molar-refractivity contribution in [2.75, 3.05) is 0 Å². The summed E-state index contributed by atoms with van der Waals surface area (Å²) < 4.78 is 21.5. The van der Waals surface area contributed by atoms with Crippen LogP contribution in [-0.2, 0) is 13.8 Å². The molecule has 0 aliphatic heterocycles. The fourth-order valence-corrected chi connectivity index (χ4v) is 2.69. The molecule has 1 aliphatic carbocycles. The van der Waals surface area contributed by atoms with Crippen LogP contribution in [0.1, 0.15) is 25.7 Å². The summed E-state index contributed by atoms with van der Waals surface area (Å²) in [7, 11) is 1.41. The summed E-state index contributed by atoms with van der Waals surface area (Å²) in [5.74, 6) is -0.230. The fourth-order valence-electron chi connectivity index (χ4n) is 1.25. The van der Waals surface area contributed by atoms with Gasteiger partial charge in [0.1, 0.15) is 5.25 Å². The van der Waals surface area contributed by atoms with E-state index in [0.717, 1.165) is 12.8 Å². The van der Waals surface area contributed by atoms with E-state index in [2.05, 4.69) is 0 Å². The molecule has 0 N–H and O–H groups in total. The molecule has 1 aliphatic rings. The number of rotatable bonds is 1. The second-order valence-corrected chi connectivity index (χ2v) is 5.49. The van der Waals surface area contributed by atoms with Crippen LogP contribution in [0.3, 0.4) is 0 Å². The zero-order chi connectivity index (χ0) is 8.48. The molecule has 0 spiro atoms. The van der Waals surface area contributed by atoms with Gasteiger partial charge in [-0.25, -0.2) is 8.42 Å². The fraction of sp³-hybridized carbons (Fsp3) is 0.833. The van der Waals surface area contributed by atoms with E-state index in [0.29, 0.717) is 12.8 Å². The van der Waals surface area contributed by atoms with Crippen LogP contribution in [0.4, 0.5) is 0 Å². The van der Waals surface area contributed by atoms with E-state index in [9.17, 15) is 13.2 Å². The minimum atomic E-state index is -3.65. The van der Waals surface area contributed by atoms with Crippen molar-refractivity contribution in [2.45, 2.75) is 30.9 Å². The monoisotopic (exact) mass is 196 g/mol. The molecule has 1 saturated carbocycles. The average Bonchev–Trinajstić information content (AvgIpc) is 1.86. The quantitative estimate of drug-likeness (QED) is 0.590. The predicted molar refractivity (Wildman–Crippen MR) is 42.0 cm³/mol. The van der Waals surface area contributed by atoms with Gasteiger partial charge in [-0.3, -0.25) is 4.79 Å². The Morgan fingerprint density at radius 3 is 2.36 bits per heavy atom. The van der Waals surface area contributed by atoms with Crippen molar-refractivity contribution in [3.05, 3.63) is 0 Å². The first-order chi connectivity index (χ1) is 5.02. The van der Waals surface area contributed by atoms with Gasteiger partial charge < -0.3 is 0 Å². The number of ketones is 1. The van der Waals surface area contributed by atoms with Gasteiger partial charge in [-0.15, -0.1) is 0 Å². The van der Waals surface area contributed by atoms with Gasteiger partial charge in [0.25, 0.3) is 0 Å². The molecule has 0 aromatic rings. The molecule has 0 aromatic heterocycles. The molecule has 1 fully saturated rings. The molecule has 64 valence electrons. The first-order valence-corrected chi connectivity index (χ1v) is 5.85. The number of carbonyl (C=O) groups excluding carboxylic acids is 1. The van der Waals surface area contributed by atoms with Crippen LogP contribution >= 0.6 is 10.7 Å². The van der Waals surface area contributed by atoms with Gasteiger partial charge in [0.2, 0.25) is 9.05 Å². The number of halogens is 1. The smallest absolute Gasteiger partial charge is 0.242 e. The third-order valence-electron chi connectivity index (χ3n) is 1.84. The lowest BCUT2D eigenvalue weighted by molar-refractivity contribution is -0.119. The molecule has 0 radical (unpaired) electrons. The summed E-state index contributed by atoms with van der Waals surface area (Å²) in [5, 5.41) is -0.932. The van der Waals surface area contributed by atoms with Gasteiger partial charge in [-0.05, 0) is 12.8 Å². The van der Waals surface area contributed by atoms with E-state index in [4.69, 9.17) is 10.7 Å². The van der Waals surface area contributed by atoms with Crippen molar-refractivity contribution in [2.24, 2.45) is 0 Å². The maximum Gasteiger partial charge on any atom is 0.242 e. The summed E-state index contributed by atoms with van der Waals surface area (Å²) in [6.07, 6.45) is 2.32. The van der Waals surface area contributed by atoms with Crippen molar-refractivity contribution >= 4 is 25.5 Å². The van der Waals surface area contributed by atoms with Crippen molar-refractivity contribution in [1.82, 2.24) is 0 Å². The highest BCUT2D eigenvalue weighted by Gasteiger charge is 2.32. The van der Waals surface area contributed by atoms with E-state index in [1.54, 1.807) is 0 Å². The maximum atomic E-state index is 11.0. The Balaban J connectivity index is 2.78. The normalized spacial score (nSPS) is 27.0.